The molecule has 0 radical (unpaired) electrons. The summed E-state index contributed by atoms with van der Waals surface area (Å²) in [6, 6.07) is 2.17. The van der Waals surface area contributed by atoms with E-state index >= 15 is 0 Å². The highest BCUT2D eigenvalue weighted by Gasteiger charge is 2.32. The largest absolute Gasteiger partial charge is 0.335 e. The molecule has 6 nitrogen and oxygen atoms in total. The first-order valence-corrected chi connectivity index (χ1v) is 9.32. The molecule has 0 N–H and O–H groups in total. The van der Waals surface area contributed by atoms with Crippen LogP contribution in [0.15, 0.2) is 16.8 Å². The molecule has 0 spiro atoms. The molecule has 1 saturated heterocycles. The molecule has 2 aliphatic rings. The van der Waals surface area contributed by atoms with Crippen molar-refractivity contribution in [3.8, 4) is 0 Å². The third kappa shape index (κ3) is 2.87. The summed E-state index contributed by atoms with van der Waals surface area (Å²) in [7, 11) is 4.05. The summed E-state index contributed by atoms with van der Waals surface area (Å²) in [5, 5.41) is 8.85. The fourth-order valence-electron chi connectivity index (χ4n) is 3.54. The lowest BCUT2D eigenvalue weighted by atomic mass is 10.2. The van der Waals surface area contributed by atoms with Gasteiger partial charge in [0.05, 0.1) is 5.69 Å². The molecule has 7 heteroatoms. The van der Waals surface area contributed by atoms with Gasteiger partial charge < -0.3 is 9.80 Å². The van der Waals surface area contributed by atoms with Gasteiger partial charge in [-0.1, -0.05) is 0 Å². The van der Waals surface area contributed by atoms with Crippen molar-refractivity contribution in [2.24, 2.45) is 7.05 Å². The molecule has 0 saturated carbocycles. The molecule has 0 bridgehead atoms. The molecule has 1 fully saturated rings. The number of carbonyl (C=O) groups is 1. The average Bonchev–Trinajstić information content (AvgIpc) is 3.27. The molecule has 2 aliphatic heterocycles. The van der Waals surface area contributed by atoms with Gasteiger partial charge in [-0.3, -0.25) is 14.4 Å². The third-order valence-corrected chi connectivity index (χ3v) is 5.74. The van der Waals surface area contributed by atoms with Gasteiger partial charge in [0, 0.05) is 58.4 Å². The predicted molar refractivity (Wildman–Crippen MR) is 93.9 cm³/mol. The van der Waals surface area contributed by atoms with Crippen molar-refractivity contribution >= 4 is 17.2 Å². The number of piperazine rings is 1. The van der Waals surface area contributed by atoms with Crippen molar-refractivity contribution in [3.05, 3.63) is 39.3 Å². The number of hydrogen-bond acceptors (Lipinski definition) is 5. The molecule has 24 heavy (non-hydrogen) atoms. The molecule has 0 unspecified atom stereocenters. The second kappa shape index (κ2) is 6.31. The maximum atomic E-state index is 12.9. The molecule has 4 rings (SSSR count). The number of aromatic nitrogens is 2. The Morgan fingerprint density at radius 3 is 2.71 bits per heavy atom. The van der Waals surface area contributed by atoms with E-state index in [1.165, 1.54) is 11.3 Å². The van der Waals surface area contributed by atoms with Crippen LogP contribution in [-0.2, 0) is 26.7 Å². The van der Waals surface area contributed by atoms with E-state index < -0.39 is 0 Å². The quantitative estimate of drug-likeness (QED) is 0.843. The van der Waals surface area contributed by atoms with Crippen molar-refractivity contribution in [1.82, 2.24) is 24.5 Å². The van der Waals surface area contributed by atoms with E-state index in [9.17, 15) is 4.79 Å². The fourth-order valence-corrected chi connectivity index (χ4v) is 4.20. The molecular formula is C17H23N5OS. The Morgan fingerprint density at radius 2 is 2.00 bits per heavy atom. The maximum absolute atomic E-state index is 12.9. The zero-order valence-electron chi connectivity index (χ0n) is 14.2. The lowest BCUT2D eigenvalue weighted by Crippen LogP contribution is -2.47. The number of aryl methyl sites for hydroxylation is 1. The molecule has 0 atom stereocenters. The summed E-state index contributed by atoms with van der Waals surface area (Å²) >= 11 is 1.73. The van der Waals surface area contributed by atoms with Gasteiger partial charge in [-0.2, -0.15) is 16.4 Å². The van der Waals surface area contributed by atoms with Crippen molar-refractivity contribution in [1.29, 1.82) is 0 Å². The standard InChI is InChI=1S/C17H23N5OS/c1-19-4-6-22(7-5-19)17(23)16-14-10-21(9-13-3-8-24-12-13)11-15(14)20(2)18-16/h3,8,12H,4-7,9-11H2,1-2H3. The number of fused-ring (bicyclic) bond motifs is 1. The second-order valence-electron chi connectivity index (χ2n) is 6.77. The second-order valence-corrected chi connectivity index (χ2v) is 7.55. The molecule has 0 aromatic carbocycles. The Morgan fingerprint density at radius 1 is 1.21 bits per heavy atom. The number of thiophene rings is 1. The van der Waals surface area contributed by atoms with Crippen molar-refractivity contribution in [2.75, 3.05) is 33.2 Å². The highest BCUT2D eigenvalue weighted by Crippen LogP contribution is 2.28. The SMILES string of the molecule is CN1CCN(C(=O)c2nn(C)c3c2CN(Cc2ccsc2)C3)CC1. The zero-order valence-corrected chi connectivity index (χ0v) is 15.1. The fraction of sp³-hybridized carbons (Fsp3) is 0.529. The van der Waals surface area contributed by atoms with Crippen molar-refractivity contribution in [3.63, 3.8) is 0 Å². The Labute approximate surface area is 146 Å². The van der Waals surface area contributed by atoms with Gasteiger partial charge in [-0.05, 0) is 29.4 Å². The van der Waals surface area contributed by atoms with Crippen LogP contribution in [0.4, 0.5) is 0 Å². The number of hydrogen-bond donors (Lipinski definition) is 0. The van der Waals surface area contributed by atoms with Crippen LogP contribution in [0.5, 0.6) is 0 Å². The van der Waals surface area contributed by atoms with E-state index in [1.54, 1.807) is 11.3 Å². The molecule has 1 amide bonds. The van der Waals surface area contributed by atoms with Crippen molar-refractivity contribution < 1.29 is 4.79 Å². The summed E-state index contributed by atoms with van der Waals surface area (Å²) in [4.78, 5) is 19.5. The predicted octanol–water partition coefficient (Wildman–Crippen LogP) is 1.39. The Bertz CT molecular complexity index is 730. The summed E-state index contributed by atoms with van der Waals surface area (Å²) in [6.45, 7) is 6.06. The monoisotopic (exact) mass is 345 g/mol. The van der Waals surface area contributed by atoms with Gasteiger partial charge in [-0.25, -0.2) is 0 Å². The summed E-state index contributed by atoms with van der Waals surface area (Å²) in [5.41, 5.74) is 4.30. The number of amides is 1. The highest BCUT2D eigenvalue weighted by atomic mass is 32.1. The zero-order chi connectivity index (χ0) is 16.7. The Hall–Kier alpha value is -1.70. The van der Waals surface area contributed by atoms with Crippen LogP contribution in [0.2, 0.25) is 0 Å². The van der Waals surface area contributed by atoms with Gasteiger partial charge >= 0.3 is 0 Å². The summed E-state index contributed by atoms with van der Waals surface area (Å²) in [5.74, 6) is 0.0948. The van der Waals surface area contributed by atoms with Gasteiger partial charge in [0.25, 0.3) is 5.91 Å². The van der Waals surface area contributed by atoms with E-state index in [2.05, 4.69) is 38.8 Å². The molecule has 4 heterocycles. The lowest BCUT2D eigenvalue weighted by molar-refractivity contribution is 0.0655. The van der Waals surface area contributed by atoms with Crippen LogP contribution < -0.4 is 0 Å². The van der Waals surface area contributed by atoms with Gasteiger partial charge in [-0.15, -0.1) is 0 Å². The minimum atomic E-state index is 0.0948. The van der Waals surface area contributed by atoms with Crippen LogP contribution in [0.1, 0.15) is 27.3 Å². The van der Waals surface area contributed by atoms with Gasteiger partial charge in [0.1, 0.15) is 0 Å². The molecular weight excluding hydrogens is 322 g/mol. The van der Waals surface area contributed by atoms with E-state index in [0.717, 1.165) is 51.4 Å². The molecule has 128 valence electrons. The third-order valence-electron chi connectivity index (χ3n) is 5.01. The van der Waals surface area contributed by atoms with Gasteiger partial charge in [0.15, 0.2) is 5.69 Å². The van der Waals surface area contributed by atoms with Crippen LogP contribution in [0.3, 0.4) is 0 Å². The Balaban J connectivity index is 1.51. The minimum Gasteiger partial charge on any atom is -0.335 e. The first-order chi connectivity index (χ1) is 11.6. The summed E-state index contributed by atoms with van der Waals surface area (Å²) in [6.07, 6.45) is 0. The number of carbonyl (C=O) groups excluding carboxylic acids is 1. The first kappa shape index (κ1) is 15.8. The lowest BCUT2D eigenvalue weighted by Gasteiger charge is -2.32. The maximum Gasteiger partial charge on any atom is 0.274 e. The van der Waals surface area contributed by atoms with Crippen molar-refractivity contribution in [2.45, 2.75) is 19.6 Å². The summed E-state index contributed by atoms with van der Waals surface area (Å²) < 4.78 is 1.90. The minimum absolute atomic E-state index is 0.0948. The Kier molecular flexibility index (Phi) is 4.15. The van der Waals surface area contributed by atoms with Crippen LogP contribution >= 0.6 is 11.3 Å². The van der Waals surface area contributed by atoms with E-state index in [0.29, 0.717) is 5.69 Å². The van der Waals surface area contributed by atoms with E-state index in [-0.39, 0.29) is 5.91 Å². The molecule has 2 aromatic rings. The number of rotatable bonds is 3. The van der Waals surface area contributed by atoms with Crippen LogP contribution in [-0.4, -0.2) is 63.6 Å². The normalized spacial score (nSPS) is 19.0. The first-order valence-electron chi connectivity index (χ1n) is 8.38. The smallest absolute Gasteiger partial charge is 0.274 e. The highest BCUT2D eigenvalue weighted by molar-refractivity contribution is 7.07. The molecule has 0 aliphatic carbocycles. The average molecular weight is 345 g/mol. The topological polar surface area (TPSA) is 44.6 Å². The van der Waals surface area contributed by atoms with Crippen LogP contribution in [0.25, 0.3) is 0 Å². The van der Waals surface area contributed by atoms with Crippen LogP contribution in [0, 0.1) is 0 Å². The molecule has 2 aromatic heterocycles. The van der Waals surface area contributed by atoms with E-state index in [1.807, 2.05) is 16.6 Å². The number of nitrogens with zero attached hydrogens (tertiary/aromatic N) is 5. The number of likely N-dealkylation sites (N-methyl/N-ethyl adjacent to an activating group) is 1. The van der Waals surface area contributed by atoms with E-state index in [4.69, 9.17) is 0 Å². The van der Waals surface area contributed by atoms with Gasteiger partial charge in [0.2, 0.25) is 0 Å².